The summed E-state index contributed by atoms with van der Waals surface area (Å²) >= 11 is 0. The van der Waals surface area contributed by atoms with Crippen LogP contribution in [0.2, 0.25) is 0 Å². The molecule has 0 aliphatic heterocycles. The molecule has 20 N–H and O–H groups in total. The van der Waals surface area contributed by atoms with E-state index in [2.05, 4.69) is 423 Å². The maximum Gasteiger partial charge on any atom is 0.0661 e. The predicted molar refractivity (Wildman–Crippen MR) is 375 cm³/mol. The molecule has 0 heterocycles. The van der Waals surface area contributed by atoms with Crippen LogP contribution in [-0.4, -0.2) is 423 Å². The van der Waals surface area contributed by atoms with Gasteiger partial charge >= 0.3 is 0 Å². The summed E-state index contributed by atoms with van der Waals surface area (Å²) in [4.78, 5) is 28.3. The molecule has 0 spiro atoms. The van der Waals surface area contributed by atoms with Crippen LogP contribution in [0.3, 0.4) is 0 Å². The van der Waals surface area contributed by atoms with E-state index in [0.717, 1.165) is 0 Å². The van der Waals surface area contributed by atoms with Gasteiger partial charge in [-0.15, -0.1) is 0 Å². The van der Waals surface area contributed by atoms with Gasteiger partial charge in [-0.3, -0.25) is 0 Å². The van der Waals surface area contributed by atoms with E-state index in [4.69, 9.17) is 0 Å². The summed E-state index contributed by atoms with van der Waals surface area (Å²) in [6.45, 7) is 0. The molecule has 0 fully saturated rings. The fourth-order valence-electron chi connectivity index (χ4n) is 0. The quantitative estimate of drug-likeness (QED) is 0.114. The lowest BCUT2D eigenvalue weighted by atomic mass is 11.0. The van der Waals surface area contributed by atoms with Crippen molar-refractivity contribution in [3.8, 4) is 0 Å². The Kier molecular flexibility index (Phi) is 702. The van der Waals surface area contributed by atoms with Crippen molar-refractivity contribution in [2.24, 2.45) is 0 Å². The minimum atomic E-state index is 0. The standard InChI is InChI=1S/20C3H9N.20ClH/c20*1-4(2)3;;;;;;;;;;;;;;;;;;;;/h20*1-3H3;20*1H. The second-order valence-corrected chi connectivity index (χ2v) is 30.0. The fraction of sp³-hybridized carbons (Fsp3) is 1.00. The van der Waals surface area contributed by atoms with Crippen molar-refractivity contribution in [3.05, 3.63) is 0 Å². The topological polar surface area (TPSA) is 88.8 Å². The van der Waals surface area contributed by atoms with Gasteiger partial charge < -0.3 is 346 Å². The normalized spacial score (nSPS) is 7.20. The zero-order chi connectivity index (χ0) is 71.5. The molecule has 0 radical (unpaired) electrons. The number of hydrogen-bond acceptors (Lipinski definition) is 0. The van der Waals surface area contributed by atoms with E-state index >= 15 is 0 Å². The molecular weight excluding hydrogens is 1710 g/mol. The van der Waals surface area contributed by atoms with Gasteiger partial charge in [0, 0.05) is 0 Å². The summed E-state index contributed by atoms with van der Waals surface area (Å²) in [7, 11) is 125. The highest BCUT2D eigenvalue weighted by Crippen LogP contribution is 0.941. The molecule has 0 aliphatic carbocycles. The second kappa shape index (κ2) is 261. The van der Waals surface area contributed by atoms with Crippen LogP contribution in [0, 0.1) is 0 Å². The van der Waals surface area contributed by atoms with E-state index < -0.39 is 0 Å². The highest BCUT2D eigenvalue weighted by Gasteiger charge is 1.68. The molecule has 680 valence electrons. The van der Waals surface area contributed by atoms with Crippen LogP contribution in [0.5, 0.6) is 0 Å². The molecule has 100 heavy (non-hydrogen) atoms. The van der Waals surface area contributed by atoms with Crippen molar-refractivity contribution in [2.45, 2.75) is 0 Å². The fourth-order valence-corrected chi connectivity index (χ4v) is 0. The van der Waals surface area contributed by atoms with Crippen molar-refractivity contribution in [1.82, 2.24) is 0 Å². The van der Waals surface area contributed by atoms with Crippen molar-refractivity contribution in [1.29, 1.82) is 0 Å². The molecule has 0 aromatic heterocycles. The van der Waals surface area contributed by atoms with E-state index in [-0.39, 0.29) is 248 Å². The third-order valence-corrected chi connectivity index (χ3v) is 0. The molecule has 0 aromatic rings. The van der Waals surface area contributed by atoms with Gasteiger partial charge in [0.25, 0.3) is 0 Å². The van der Waals surface area contributed by atoms with E-state index in [1.165, 1.54) is 98.0 Å². The lowest BCUT2D eigenvalue weighted by Gasteiger charge is -1.88. The van der Waals surface area contributed by atoms with Gasteiger partial charge in [0.05, 0.1) is 423 Å². The predicted octanol–water partition coefficient (Wildman–Crippen LogP) is -84.7. The van der Waals surface area contributed by atoms with Crippen molar-refractivity contribution in [3.63, 3.8) is 0 Å². The van der Waals surface area contributed by atoms with Crippen LogP contribution in [0.1, 0.15) is 0 Å². The van der Waals surface area contributed by atoms with Crippen LogP contribution < -0.4 is 346 Å². The maximum absolute atomic E-state index is 2.08. The van der Waals surface area contributed by atoms with E-state index in [9.17, 15) is 0 Å². The maximum atomic E-state index is 2.08. The smallest absolute Gasteiger partial charge is 0.0661 e. The third-order valence-electron chi connectivity index (χ3n) is 0. The molecule has 40 heteroatoms. The zero-order valence-electron chi connectivity index (χ0n) is 77.6. The summed E-state index contributed by atoms with van der Waals surface area (Å²) in [5, 5.41) is 0. The Balaban J connectivity index is -0.00000000987. The molecule has 0 saturated heterocycles. The Morgan fingerprint density at radius 1 is 0.0500 bits per heavy atom. The molecule has 0 atom stereocenters. The van der Waals surface area contributed by atoms with E-state index in [1.54, 1.807) is 0 Å². The minimum absolute atomic E-state index is 0. The number of nitrogens with one attached hydrogen (secondary N) is 20. The van der Waals surface area contributed by atoms with Crippen LogP contribution in [-0.2, 0) is 0 Å². The highest BCUT2D eigenvalue weighted by atomic mass is 35.5. The first-order valence-electron chi connectivity index (χ1n) is 30.0. The molecule has 0 aliphatic rings. The summed E-state index contributed by atoms with van der Waals surface area (Å²) in [6.07, 6.45) is 0. The molecule has 0 rings (SSSR count). The SMILES string of the molecule is C[NH+](C)C.C[NH+](C)C.C[NH+](C)C.C[NH+](C)C.C[NH+](C)C.C[NH+](C)C.C[NH+](C)C.C[NH+](C)C.C[NH+](C)C.C[NH+](C)C.C[NH+](C)C.C[NH+](C)C.C[NH+](C)C.C[NH+](C)C.C[NH+](C)C.C[NH+](C)C.C[NH+](C)C.C[NH+](C)C.C[NH+](C)C.C[NH+](C)C.[Cl-].[Cl-].[Cl-].[Cl-].[Cl-].[Cl-].[Cl-].[Cl-].[Cl-].[Cl-].[Cl-].[Cl-].[Cl-].[Cl-].[Cl-].[Cl-].[Cl-].[Cl-].[Cl-].[Cl-]. The minimum Gasteiger partial charge on any atom is -1.00 e. The monoisotopic (exact) mass is 1900 g/mol. The van der Waals surface area contributed by atoms with Gasteiger partial charge in [-0.1, -0.05) is 0 Å². The van der Waals surface area contributed by atoms with E-state index in [0.29, 0.717) is 0 Å². The second-order valence-electron chi connectivity index (χ2n) is 30.0. The van der Waals surface area contributed by atoms with Gasteiger partial charge in [-0.25, -0.2) is 0 Å². The number of halogens is 20. The van der Waals surface area contributed by atoms with Gasteiger partial charge in [0.2, 0.25) is 0 Å². The molecule has 0 bridgehead atoms. The average Bonchev–Trinajstić information content (AvgIpc) is 2.99. The molecule has 0 aromatic carbocycles. The Morgan fingerprint density at radius 3 is 0.0500 bits per heavy atom. The van der Waals surface area contributed by atoms with Gasteiger partial charge in [0.15, 0.2) is 0 Å². The Hall–Kier alpha value is 5.00. The van der Waals surface area contributed by atoms with Crippen molar-refractivity contribution >= 4 is 0 Å². The first-order valence-corrected chi connectivity index (χ1v) is 30.0. The summed E-state index contributed by atoms with van der Waals surface area (Å²) in [5.41, 5.74) is 0. The van der Waals surface area contributed by atoms with Gasteiger partial charge in [-0.2, -0.15) is 0 Å². The van der Waals surface area contributed by atoms with Crippen molar-refractivity contribution in [2.75, 3.05) is 423 Å². The lowest BCUT2D eigenvalue weighted by molar-refractivity contribution is -0.836. The van der Waals surface area contributed by atoms with Gasteiger partial charge in [-0.05, 0) is 0 Å². The Labute approximate surface area is 762 Å². The molecule has 0 saturated carbocycles. The number of hydrogen-bond donors (Lipinski definition) is 20. The molecule has 0 amide bonds. The van der Waals surface area contributed by atoms with Crippen LogP contribution in [0.15, 0.2) is 0 Å². The van der Waals surface area contributed by atoms with Crippen LogP contribution >= 0.6 is 0 Å². The third kappa shape index (κ3) is 42900. The molecule has 20 nitrogen and oxygen atoms in total. The summed E-state index contributed by atoms with van der Waals surface area (Å²) in [6, 6.07) is 0. The highest BCUT2D eigenvalue weighted by molar-refractivity contribution is 3.67. The molecular formula is C60H200Cl20N20. The Bertz CT molecular complexity index is 492. The summed E-state index contributed by atoms with van der Waals surface area (Å²) in [5.74, 6) is 0. The van der Waals surface area contributed by atoms with Crippen LogP contribution in [0.4, 0.5) is 0 Å². The van der Waals surface area contributed by atoms with Crippen LogP contribution in [0.25, 0.3) is 0 Å². The number of rotatable bonds is 0. The largest absolute Gasteiger partial charge is 1.00 e. The number of quaternary nitrogens is 20. The average molecular weight is 1910 g/mol. The first kappa shape index (κ1) is 269. The summed E-state index contributed by atoms with van der Waals surface area (Å²) < 4.78 is 0. The zero-order valence-corrected chi connectivity index (χ0v) is 92.7. The molecule has 0 unspecified atom stereocenters. The first-order chi connectivity index (χ1) is 34.6. The lowest BCUT2D eigenvalue weighted by Crippen LogP contribution is -3.02. The van der Waals surface area contributed by atoms with E-state index in [1.807, 2.05) is 0 Å². The van der Waals surface area contributed by atoms with Crippen molar-refractivity contribution < 1.29 is 346 Å². The Morgan fingerprint density at radius 2 is 0.0500 bits per heavy atom. The van der Waals surface area contributed by atoms with Gasteiger partial charge in [0.1, 0.15) is 0 Å².